The van der Waals surface area contributed by atoms with Gasteiger partial charge in [0, 0.05) is 33.9 Å². The quantitative estimate of drug-likeness (QED) is 0.445. The molecule has 0 N–H and O–H groups in total. The molecule has 5 heteroatoms. The molecule has 0 bridgehead atoms. The summed E-state index contributed by atoms with van der Waals surface area (Å²) < 4.78 is 16.2. The van der Waals surface area contributed by atoms with Crippen LogP contribution in [-0.4, -0.2) is 54.7 Å². The molecule has 0 heterocycles. The lowest BCUT2D eigenvalue weighted by molar-refractivity contribution is 0.121. The number of nitrogens with zero attached hydrogens (tertiary/aromatic N) is 1. The first-order chi connectivity index (χ1) is 8.03. The van der Waals surface area contributed by atoms with Crippen LogP contribution in [0.15, 0.2) is 12.2 Å². The van der Waals surface area contributed by atoms with Crippen molar-refractivity contribution in [2.45, 2.75) is 26.3 Å². The standard InChI is InChI=1S/C12H27NO3Si/c1-7-13(11-12(2)3)9-8-10-17(14-4,15-5)16-6/h2,7-11H2,1,3-6H3. The largest absolute Gasteiger partial charge is 0.500 e. The molecule has 0 aliphatic rings. The summed E-state index contributed by atoms with van der Waals surface area (Å²) in [5.74, 6) is 0. The topological polar surface area (TPSA) is 30.9 Å². The zero-order valence-corrected chi connectivity index (χ0v) is 12.9. The average Bonchev–Trinajstić information content (AvgIpc) is 2.33. The summed E-state index contributed by atoms with van der Waals surface area (Å²) in [7, 11) is 2.59. The van der Waals surface area contributed by atoms with Gasteiger partial charge >= 0.3 is 8.80 Å². The van der Waals surface area contributed by atoms with E-state index in [1.807, 2.05) is 0 Å². The van der Waals surface area contributed by atoms with Crippen LogP contribution in [0.5, 0.6) is 0 Å². The van der Waals surface area contributed by atoms with Gasteiger partial charge in [0.25, 0.3) is 0 Å². The van der Waals surface area contributed by atoms with Crippen molar-refractivity contribution in [3.05, 3.63) is 12.2 Å². The zero-order chi connectivity index (χ0) is 13.3. The molecule has 0 unspecified atom stereocenters. The van der Waals surface area contributed by atoms with Crippen LogP contribution < -0.4 is 0 Å². The Morgan fingerprint density at radius 3 is 2.06 bits per heavy atom. The Morgan fingerprint density at radius 2 is 1.71 bits per heavy atom. The summed E-state index contributed by atoms with van der Waals surface area (Å²) in [6.45, 7) is 11.2. The van der Waals surface area contributed by atoms with Crippen LogP contribution in [0.3, 0.4) is 0 Å². The van der Waals surface area contributed by atoms with E-state index in [0.29, 0.717) is 0 Å². The summed E-state index contributed by atoms with van der Waals surface area (Å²) in [6.07, 6.45) is 1.02. The van der Waals surface area contributed by atoms with Gasteiger partial charge in [0.2, 0.25) is 0 Å². The SMILES string of the molecule is C=C(C)CN(CC)CCC[Si](OC)(OC)OC. The maximum absolute atomic E-state index is 5.39. The molecule has 0 radical (unpaired) electrons. The molecule has 0 saturated heterocycles. The molecule has 0 aromatic heterocycles. The zero-order valence-electron chi connectivity index (χ0n) is 11.9. The minimum atomic E-state index is -2.39. The Morgan fingerprint density at radius 1 is 1.18 bits per heavy atom. The molecular formula is C12H27NO3Si. The fourth-order valence-corrected chi connectivity index (χ4v) is 3.51. The third-order valence-electron chi connectivity index (χ3n) is 2.83. The van der Waals surface area contributed by atoms with Crippen molar-refractivity contribution in [3.8, 4) is 0 Å². The van der Waals surface area contributed by atoms with Gasteiger partial charge in [0.05, 0.1) is 0 Å². The summed E-state index contributed by atoms with van der Waals surface area (Å²) in [4.78, 5) is 2.36. The van der Waals surface area contributed by atoms with Gasteiger partial charge in [0.1, 0.15) is 0 Å². The molecule has 0 aromatic rings. The number of hydrogen-bond donors (Lipinski definition) is 0. The van der Waals surface area contributed by atoms with Gasteiger partial charge in [-0.2, -0.15) is 0 Å². The van der Waals surface area contributed by atoms with E-state index in [1.54, 1.807) is 21.3 Å². The molecule has 0 aliphatic heterocycles. The second kappa shape index (κ2) is 8.83. The van der Waals surface area contributed by atoms with Crippen LogP contribution >= 0.6 is 0 Å². The lowest BCUT2D eigenvalue weighted by Gasteiger charge is -2.26. The van der Waals surface area contributed by atoms with Crippen LogP contribution in [0.25, 0.3) is 0 Å². The van der Waals surface area contributed by atoms with Crippen molar-refractivity contribution in [3.63, 3.8) is 0 Å². The fraction of sp³-hybridized carbons (Fsp3) is 0.833. The first-order valence-electron chi connectivity index (χ1n) is 6.05. The van der Waals surface area contributed by atoms with Gasteiger partial charge in [-0.1, -0.05) is 19.1 Å². The van der Waals surface area contributed by atoms with Crippen molar-refractivity contribution in [2.24, 2.45) is 0 Å². The van der Waals surface area contributed by atoms with Crippen LogP contribution in [0.1, 0.15) is 20.3 Å². The summed E-state index contributed by atoms with van der Waals surface area (Å²) >= 11 is 0. The molecule has 0 amide bonds. The van der Waals surface area contributed by atoms with E-state index in [2.05, 4.69) is 25.3 Å². The molecule has 0 atom stereocenters. The lowest BCUT2D eigenvalue weighted by atomic mass is 10.3. The summed E-state index contributed by atoms with van der Waals surface area (Å²) in [5, 5.41) is 0. The minimum Gasteiger partial charge on any atom is -0.377 e. The van der Waals surface area contributed by atoms with Gasteiger partial charge in [-0.3, -0.25) is 4.90 Å². The van der Waals surface area contributed by atoms with Gasteiger partial charge in [-0.25, -0.2) is 0 Å². The Hall–Kier alpha value is -0.203. The molecular weight excluding hydrogens is 234 g/mol. The lowest BCUT2D eigenvalue weighted by Crippen LogP contribution is -2.43. The van der Waals surface area contributed by atoms with Crippen LogP contribution in [0.2, 0.25) is 6.04 Å². The average molecular weight is 261 g/mol. The maximum Gasteiger partial charge on any atom is 0.500 e. The van der Waals surface area contributed by atoms with Crippen molar-refractivity contribution < 1.29 is 13.3 Å². The smallest absolute Gasteiger partial charge is 0.377 e. The first-order valence-corrected chi connectivity index (χ1v) is 7.99. The highest BCUT2D eigenvalue weighted by Gasteiger charge is 2.36. The van der Waals surface area contributed by atoms with Crippen LogP contribution in [0.4, 0.5) is 0 Å². The molecule has 0 spiro atoms. The number of rotatable bonds is 10. The van der Waals surface area contributed by atoms with Gasteiger partial charge in [-0.05, 0) is 26.4 Å². The predicted molar refractivity (Wildman–Crippen MR) is 73.1 cm³/mol. The van der Waals surface area contributed by atoms with E-state index in [9.17, 15) is 0 Å². The Bertz CT molecular complexity index is 212. The van der Waals surface area contributed by atoms with Crippen molar-refractivity contribution in [1.29, 1.82) is 0 Å². The highest BCUT2D eigenvalue weighted by molar-refractivity contribution is 6.60. The van der Waals surface area contributed by atoms with Gasteiger partial charge < -0.3 is 13.3 Å². The Balaban J connectivity index is 4.05. The predicted octanol–water partition coefficient (Wildman–Crippen LogP) is 2.15. The van der Waals surface area contributed by atoms with Crippen molar-refractivity contribution in [1.82, 2.24) is 4.90 Å². The van der Waals surface area contributed by atoms with E-state index in [-0.39, 0.29) is 0 Å². The van der Waals surface area contributed by atoms with Crippen molar-refractivity contribution >= 4 is 8.80 Å². The van der Waals surface area contributed by atoms with E-state index >= 15 is 0 Å². The van der Waals surface area contributed by atoms with E-state index in [4.69, 9.17) is 13.3 Å². The third-order valence-corrected chi connectivity index (χ3v) is 5.66. The minimum absolute atomic E-state index is 0.850. The van der Waals surface area contributed by atoms with E-state index in [1.165, 1.54) is 5.57 Å². The van der Waals surface area contributed by atoms with Crippen LogP contribution in [0, 0.1) is 0 Å². The molecule has 0 saturated carbocycles. The van der Waals surface area contributed by atoms with E-state index < -0.39 is 8.80 Å². The summed E-state index contributed by atoms with van der Waals surface area (Å²) in [6, 6.07) is 0.850. The Labute approximate surface area is 107 Å². The first kappa shape index (κ1) is 16.8. The molecule has 102 valence electrons. The Kier molecular flexibility index (Phi) is 8.72. The highest BCUT2D eigenvalue weighted by Crippen LogP contribution is 2.15. The molecule has 17 heavy (non-hydrogen) atoms. The van der Waals surface area contributed by atoms with Crippen LogP contribution in [-0.2, 0) is 13.3 Å². The normalized spacial score (nSPS) is 12.1. The maximum atomic E-state index is 5.39. The fourth-order valence-electron chi connectivity index (χ4n) is 1.81. The molecule has 0 rings (SSSR count). The second-order valence-corrected chi connectivity index (χ2v) is 7.32. The monoisotopic (exact) mass is 261 g/mol. The molecule has 0 aromatic carbocycles. The second-order valence-electron chi connectivity index (χ2n) is 4.22. The molecule has 0 aliphatic carbocycles. The molecule has 4 nitrogen and oxygen atoms in total. The van der Waals surface area contributed by atoms with Gasteiger partial charge in [-0.15, -0.1) is 0 Å². The van der Waals surface area contributed by atoms with Crippen molar-refractivity contribution in [2.75, 3.05) is 41.0 Å². The summed E-state index contributed by atoms with van der Waals surface area (Å²) in [5.41, 5.74) is 1.19. The number of hydrogen-bond acceptors (Lipinski definition) is 4. The van der Waals surface area contributed by atoms with E-state index in [0.717, 1.165) is 32.1 Å². The molecule has 0 fully saturated rings. The highest BCUT2D eigenvalue weighted by atomic mass is 28.4. The third kappa shape index (κ3) is 6.33. The number of likely N-dealkylation sites (N-methyl/N-ethyl adjacent to an activating group) is 1. The van der Waals surface area contributed by atoms with Gasteiger partial charge in [0.15, 0.2) is 0 Å².